The molecule has 0 bridgehead atoms. The number of rotatable bonds is 2. The molecule has 2 atom stereocenters. The molecule has 86 valence electrons. The van der Waals surface area contributed by atoms with E-state index in [1.807, 2.05) is 0 Å². The van der Waals surface area contributed by atoms with Crippen LogP contribution in [-0.2, 0) is 4.79 Å². The summed E-state index contributed by atoms with van der Waals surface area (Å²) in [6.07, 6.45) is 0. The first-order chi connectivity index (χ1) is 7.61. The summed E-state index contributed by atoms with van der Waals surface area (Å²) in [6, 6.07) is 4.40. The third kappa shape index (κ3) is 1.90. The van der Waals surface area contributed by atoms with Crippen molar-refractivity contribution in [3.8, 4) is 0 Å². The van der Waals surface area contributed by atoms with Crippen LogP contribution in [0.1, 0.15) is 11.5 Å². The van der Waals surface area contributed by atoms with E-state index in [0.29, 0.717) is 23.7 Å². The topological polar surface area (TPSA) is 49.3 Å². The van der Waals surface area contributed by atoms with Crippen molar-refractivity contribution in [3.05, 3.63) is 34.6 Å². The lowest BCUT2D eigenvalue weighted by Crippen LogP contribution is -2.21. The first-order valence-electron chi connectivity index (χ1n) is 4.98. The maximum Gasteiger partial charge on any atom is 0.308 e. The van der Waals surface area contributed by atoms with Gasteiger partial charge in [-0.1, -0.05) is 17.7 Å². The van der Waals surface area contributed by atoms with Crippen molar-refractivity contribution in [1.29, 1.82) is 0 Å². The molecular weight excluding hydrogens is 233 g/mol. The van der Waals surface area contributed by atoms with Crippen LogP contribution in [0.2, 0.25) is 5.02 Å². The molecule has 1 fully saturated rings. The number of benzene rings is 1. The molecule has 2 unspecified atom stereocenters. The summed E-state index contributed by atoms with van der Waals surface area (Å²) in [5.41, 5.74) is 0.307. The molecule has 16 heavy (non-hydrogen) atoms. The molecule has 1 heterocycles. The van der Waals surface area contributed by atoms with E-state index >= 15 is 0 Å². The van der Waals surface area contributed by atoms with Gasteiger partial charge in [-0.25, -0.2) is 4.39 Å². The number of aliphatic carboxylic acids is 1. The highest BCUT2D eigenvalue weighted by Crippen LogP contribution is 2.34. The summed E-state index contributed by atoms with van der Waals surface area (Å²) >= 11 is 5.92. The van der Waals surface area contributed by atoms with Crippen LogP contribution in [0.4, 0.5) is 4.39 Å². The number of nitrogens with one attached hydrogen (secondary N) is 1. The monoisotopic (exact) mass is 243 g/mol. The second kappa shape index (κ2) is 4.39. The van der Waals surface area contributed by atoms with Gasteiger partial charge in [0.1, 0.15) is 5.82 Å². The van der Waals surface area contributed by atoms with Crippen LogP contribution in [0.3, 0.4) is 0 Å². The van der Waals surface area contributed by atoms with Gasteiger partial charge in [-0.2, -0.15) is 0 Å². The Morgan fingerprint density at radius 2 is 2.25 bits per heavy atom. The minimum Gasteiger partial charge on any atom is -0.481 e. The van der Waals surface area contributed by atoms with Gasteiger partial charge in [-0.3, -0.25) is 4.79 Å². The van der Waals surface area contributed by atoms with Crippen LogP contribution in [0, 0.1) is 11.7 Å². The van der Waals surface area contributed by atoms with Crippen molar-refractivity contribution in [3.63, 3.8) is 0 Å². The van der Waals surface area contributed by atoms with Gasteiger partial charge in [0.25, 0.3) is 0 Å². The molecule has 0 spiro atoms. The average Bonchev–Trinajstić information content (AvgIpc) is 2.66. The highest BCUT2D eigenvalue weighted by atomic mass is 35.5. The van der Waals surface area contributed by atoms with E-state index in [9.17, 15) is 9.18 Å². The van der Waals surface area contributed by atoms with E-state index in [4.69, 9.17) is 16.7 Å². The van der Waals surface area contributed by atoms with Crippen LogP contribution in [-0.4, -0.2) is 24.2 Å². The van der Waals surface area contributed by atoms with Crippen LogP contribution >= 0.6 is 11.6 Å². The quantitative estimate of drug-likeness (QED) is 0.834. The Labute approximate surface area is 97.2 Å². The molecule has 0 aromatic heterocycles. The third-order valence-electron chi connectivity index (χ3n) is 2.90. The lowest BCUT2D eigenvalue weighted by atomic mass is 9.88. The van der Waals surface area contributed by atoms with Gasteiger partial charge in [-0.15, -0.1) is 0 Å². The average molecular weight is 244 g/mol. The fourth-order valence-electron chi connectivity index (χ4n) is 2.11. The van der Waals surface area contributed by atoms with E-state index in [1.54, 1.807) is 6.07 Å². The van der Waals surface area contributed by atoms with Gasteiger partial charge >= 0.3 is 5.97 Å². The Morgan fingerprint density at radius 1 is 1.50 bits per heavy atom. The number of halogens is 2. The Hall–Kier alpha value is -1.13. The van der Waals surface area contributed by atoms with Gasteiger partial charge < -0.3 is 10.4 Å². The second-order valence-corrected chi connectivity index (χ2v) is 4.25. The number of carboxylic acids is 1. The largest absolute Gasteiger partial charge is 0.481 e. The predicted octanol–water partition coefficient (Wildman–Crippen LogP) is 1.87. The maximum atomic E-state index is 13.6. The molecule has 0 amide bonds. The van der Waals surface area contributed by atoms with Gasteiger partial charge in [0, 0.05) is 29.6 Å². The summed E-state index contributed by atoms with van der Waals surface area (Å²) in [6.45, 7) is 0.794. The molecule has 5 heteroatoms. The van der Waals surface area contributed by atoms with E-state index in [2.05, 4.69) is 5.32 Å². The lowest BCUT2D eigenvalue weighted by molar-refractivity contribution is -0.141. The zero-order valence-electron chi connectivity index (χ0n) is 8.41. The van der Waals surface area contributed by atoms with Gasteiger partial charge in [0.2, 0.25) is 0 Å². The smallest absolute Gasteiger partial charge is 0.308 e. The van der Waals surface area contributed by atoms with Gasteiger partial charge in [-0.05, 0) is 12.1 Å². The molecule has 1 saturated heterocycles. The number of carbonyl (C=O) groups is 1. The highest BCUT2D eigenvalue weighted by molar-refractivity contribution is 6.31. The minimum atomic E-state index is -0.922. The van der Waals surface area contributed by atoms with Crippen molar-refractivity contribution in [1.82, 2.24) is 5.32 Å². The van der Waals surface area contributed by atoms with Crippen molar-refractivity contribution in [2.75, 3.05) is 13.1 Å². The van der Waals surface area contributed by atoms with Gasteiger partial charge in [0.05, 0.1) is 5.92 Å². The summed E-state index contributed by atoms with van der Waals surface area (Å²) in [5.74, 6) is -2.37. The molecule has 2 rings (SSSR count). The minimum absolute atomic E-state index is 0.292. The fraction of sp³-hybridized carbons (Fsp3) is 0.364. The van der Waals surface area contributed by atoms with Crippen LogP contribution in [0.25, 0.3) is 0 Å². The zero-order valence-corrected chi connectivity index (χ0v) is 9.17. The van der Waals surface area contributed by atoms with E-state index in [1.165, 1.54) is 12.1 Å². The summed E-state index contributed by atoms with van der Waals surface area (Å²) < 4.78 is 13.6. The number of hydrogen-bond acceptors (Lipinski definition) is 2. The zero-order chi connectivity index (χ0) is 11.7. The van der Waals surface area contributed by atoms with Crippen molar-refractivity contribution >= 4 is 17.6 Å². The molecule has 0 aliphatic carbocycles. The van der Waals surface area contributed by atoms with E-state index in [-0.39, 0.29) is 0 Å². The Balaban J connectivity index is 2.40. The van der Waals surface area contributed by atoms with Crippen molar-refractivity contribution in [2.45, 2.75) is 5.92 Å². The molecule has 0 saturated carbocycles. The Kier molecular flexibility index (Phi) is 3.12. The van der Waals surface area contributed by atoms with Crippen LogP contribution < -0.4 is 5.32 Å². The lowest BCUT2D eigenvalue weighted by Gasteiger charge is -2.17. The molecule has 2 N–H and O–H groups in total. The molecule has 1 aliphatic heterocycles. The van der Waals surface area contributed by atoms with Gasteiger partial charge in [0.15, 0.2) is 0 Å². The molecule has 1 aliphatic rings. The molecule has 1 aromatic rings. The molecule has 3 nitrogen and oxygen atoms in total. The van der Waals surface area contributed by atoms with E-state index in [0.717, 1.165) is 0 Å². The molecular formula is C11H11ClFNO2. The summed E-state index contributed by atoms with van der Waals surface area (Å²) in [7, 11) is 0. The molecule has 1 aromatic carbocycles. The Morgan fingerprint density at radius 3 is 2.88 bits per heavy atom. The maximum absolute atomic E-state index is 13.6. The van der Waals surface area contributed by atoms with Crippen LogP contribution in [0.15, 0.2) is 18.2 Å². The first-order valence-corrected chi connectivity index (χ1v) is 5.36. The SMILES string of the molecule is O=C(O)C1CNCC1c1c(F)cccc1Cl. The predicted molar refractivity (Wildman–Crippen MR) is 58.1 cm³/mol. The molecule has 0 radical (unpaired) electrons. The number of hydrogen-bond donors (Lipinski definition) is 2. The summed E-state index contributed by atoms with van der Waals surface area (Å²) in [4.78, 5) is 11.0. The normalized spacial score (nSPS) is 24.6. The van der Waals surface area contributed by atoms with Crippen LogP contribution in [0.5, 0.6) is 0 Å². The second-order valence-electron chi connectivity index (χ2n) is 3.84. The third-order valence-corrected chi connectivity index (χ3v) is 3.23. The highest BCUT2D eigenvalue weighted by Gasteiger charge is 2.36. The Bertz CT molecular complexity index is 404. The van der Waals surface area contributed by atoms with Crippen molar-refractivity contribution in [2.24, 2.45) is 5.92 Å². The van der Waals surface area contributed by atoms with Crippen molar-refractivity contribution < 1.29 is 14.3 Å². The first kappa shape index (κ1) is 11.4. The number of carboxylic acid groups (broad SMARTS) is 1. The standard InChI is InChI=1S/C11H11ClFNO2/c12-8-2-1-3-9(13)10(8)6-4-14-5-7(6)11(15)16/h1-3,6-7,14H,4-5H2,(H,15,16). The van der Waals surface area contributed by atoms with E-state index < -0.39 is 23.6 Å². The fourth-order valence-corrected chi connectivity index (χ4v) is 2.41. The summed E-state index contributed by atoms with van der Waals surface area (Å²) in [5, 5.41) is 12.3.